The number of carboxylic acid groups (broad SMARTS) is 1. The molecule has 2 aromatic rings. The first kappa shape index (κ1) is 13.3. The third-order valence-corrected chi connectivity index (χ3v) is 3.23. The number of hydrogen-bond acceptors (Lipinski definition) is 2. The zero-order valence-electron chi connectivity index (χ0n) is 11.2. The van der Waals surface area contributed by atoms with Crippen molar-refractivity contribution in [3.8, 4) is 5.69 Å². The molecular formula is C15H18N2O2. The van der Waals surface area contributed by atoms with E-state index in [-0.39, 0.29) is 11.8 Å². The van der Waals surface area contributed by atoms with E-state index in [1.54, 1.807) is 10.9 Å². The van der Waals surface area contributed by atoms with Crippen molar-refractivity contribution in [3.05, 3.63) is 48.3 Å². The van der Waals surface area contributed by atoms with Gasteiger partial charge in [-0.1, -0.05) is 32.0 Å². The Balaban J connectivity index is 2.16. The Hall–Kier alpha value is -2.10. The second-order valence-corrected chi connectivity index (χ2v) is 5.02. The zero-order chi connectivity index (χ0) is 13.8. The van der Waals surface area contributed by atoms with Crippen LogP contribution in [-0.4, -0.2) is 20.9 Å². The fourth-order valence-electron chi connectivity index (χ4n) is 2.05. The van der Waals surface area contributed by atoms with E-state index >= 15 is 0 Å². The summed E-state index contributed by atoms with van der Waals surface area (Å²) in [5, 5.41) is 13.5. The first-order valence-electron chi connectivity index (χ1n) is 6.39. The van der Waals surface area contributed by atoms with Crippen molar-refractivity contribution in [1.82, 2.24) is 9.78 Å². The Kier molecular flexibility index (Phi) is 4.00. The van der Waals surface area contributed by atoms with E-state index in [1.165, 1.54) is 0 Å². The number of hydrogen-bond donors (Lipinski definition) is 1. The molecule has 0 aliphatic carbocycles. The van der Waals surface area contributed by atoms with E-state index in [2.05, 4.69) is 5.10 Å². The highest BCUT2D eigenvalue weighted by Crippen LogP contribution is 2.18. The third-order valence-electron chi connectivity index (χ3n) is 3.23. The molecule has 100 valence electrons. The summed E-state index contributed by atoms with van der Waals surface area (Å²) in [7, 11) is 0. The van der Waals surface area contributed by atoms with Gasteiger partial charge < -0.3 is 5.11 Å². The maximum atomic E-state index is 11.2. The van der Waals surface area contributed by atoms with E-state index < -0.39 is 5.97 Å². The molecule has 4 nitrogen and oxygen atoms in total. The van der Waals surface area contributed by atoms with Crippen molar-refractivity contribution < 1.29 is 9.90 Å². The Morgan fingerprint density at radius 3 is 2.58 bits per heavy atom. The lowest BCUT2D eigenvalue weighted by Crippen LogP contribution is -2.21. The molecule has 0 fully saturated rings. The summed E-state index contributed by atoms with van der Waals surface area (Å²) in [4.78, 5) is 11.2. The Bertz CT molecular complexity index is 546. The fourth-order valence-corrected chi connectivity index (χ4v) is 2.05. The first-order valence-corrected chi connectivity index (χ1v) is 6.39. The molecule has 4 heteroatoms. The molecule has 1 aromatic heterocycles. The Morgan fingerprint density at radius 2 is 2.00 bits per heavy atom. The first-order chi connectivity index (χ1) is 9.08. The summed E-state index contributed by atoms with van der Waals surface area (Å²) in [5.41, 5.74) is 1.93. The quantitative estimate of drug-likeness (QED) is 0.897. The van der Waals surface area contributed by atoms with Crippen LogP contribution in [-0.2, 0) is 11.2 Å². The summed E-state index contributed by atoms with van der Waals surface area (Å²) in [6, 6.07) is 9.78. The third kappa shape index (κ3) is 3.22. The van der Waals surface area contributed by atoms with Crippen molar-refractivity contribution in [2.24, 2.45) is 11.8 Å². The minimum absolute atomic E-state index is 0.109. The van der Waals surface area contributed by atoms with Gasteiger partial charge in [-0.25, -0.2) is 4.68 Å². The van der Waals surface area contributed by atoms with Crippen molar-refractivity contribution in [2.45, 2.75) is 20.3 Å². The summed E-state index contributed by atoms with van der Waals surface area (Å²) < 4.78 is 1.77. The maximum Gasteiger partial charge on any atom is 0.307 e. The zero-order valence-corrected chi connectivity index (χ0v) is 11.2. The van der Waals surface area contributed by atoms with Gasteiger partial charge in [-0.2, -0.15) is 5.10 Å². The van der Waals surface area contributed by atoms with Crippen LogP contribution in [0.2, 0.25) is 0 Å². The number of aliphatic carboxylic acids is 1. The van der Waals surface area contributed by atoms with Crippen molar-refractivity contribution in [2.75, 3.05) is 0 Å². The number of aromatic nitrogens is 2. The smallest absolute Gasteiger partial charge is 0.307 e. The average molecular weight is 258 g/mol. The van der Waals surface area contributed by atoms with Crippen LogP contribution in [0.15, 0.2) is 42.7 Å². The maximum absolute atomic E-state index is 11.2. The standard InChI is InChI=1S/C15H18N2O2/c1-11(2)14(15(18)19)8-12-9-16-17(10-12)13-6-4-3-5-7-13/h3-7,9-11,14H,8H2,1-2H3,(H,18,19). The predicted molar refractivity (Wildman–Crippen MR) is 73.2 cm³/mol. The second kappa shape index (κ2) is 5.69. The highest BCUT2D eigenvalue weighted by molar-refractivity contribution is 5.70. The van der Waals surface area contributed by atoms with Gasteiger partial charge in [0.1, 0.15) is 0 Å². The minimum Gasteiger partial charge on any atom is -0.481 e. The van der Waals surface area contributed by atoms with Crippen molar-refractivity contribution >= 4 is 5.97 Å². The van der Waals surface area contributed by atoms with Gasteiger partial charge in [0.15, 0.2) is 0 Å². The molecule has 0 saturated carbocycles. The van der Waals surface area contributed by atoms with Gasteiger partial charge in [-0.3, -0.25) is 4.79 Å². The lowest BCUT2D eigenvalue weighted by Gasteiger charge is -2.14. The molecule has 0 aliphatic rings. The summed E-state index contributed by atoms with van der Waals surface area (Å²) in [6.45, 7) is 3.86. The average Bonchev–Trinajstić information content (AvgIpc) is 2.85. The molecule has 1 N–H and O–H groups in total. The molecule has 1 aromatic carbocycles. The van der Waals surface area contributed by atoms with Crippen LogP contribution in [0.4, 0.5) is 0 Å². The lowest BCUT2D eigenvalue weighted by atomic mass is 9.90. The number of rotatable bonds is 5. The fraction of sp³-hybridized carbons (Fsp3) is 0.333. The molecule has 1 heterocycles. The summed E-state index contributed by atoms with van der Waals surface area (Å²) in [5.74, 6) is -1.01. The van der Waals surface area contributed by atoms with Crippen LogP contribution in [0.1, 0.15) is 19.4 Å². The molecular weight excluding hydrogens is 240 g/mol. The topological polar surface area (TPSA) is 55.1 Å². The molecule has 0 saturated heterocycles. The molecule has 0 bridgehead atoms. The minimum atomic E-state index is -0.748. The van der Waals surface area contributed by atoms with E-state index in [1.807, 2.05) is 50.4 Å². The molecule has 19 heavy (non-hydrogen) atoms. The van der Waals surface area contributed by atoms with Gasteiger partial charge in [0.05, 0.1) is 17.8 Å². The van der Waals surface area contributed by atoms with Gasteiger partial charge >= 0.3 is 5.97 Å². The summed E-state index contributed by atoms with van der Waals surface area (Å²) >= 11 is 0. The number of carboxylic acids is 1. The number of benzene rings is 1. The van der Waals surface area contributed by atoms with Crippen LogP contribution in [0.5, 0.6) is 0 Å². The lowest BCUT2D eigenvalue weighted by molar-refractivity contribution is -0.143. The van der Waals surface area contributed by atoms with Crippen LogP contribution in [0, 0.1) is 11.8 Å². The van der Waals surface area contributed by atoms with Crippen LogP contribution < -0.4 is 0 Å². The van der Waals surface area contributed by atoms with E-state index in [0.29, 0.717) is 6.42 Å². The molecule has 2 rings (SSSR count). The molecule has 0 aliphatic heterocycles. The van der Waals surface area contributed by atoms with Gasteiger partial charge in [0, 0.05) is 6.20 Å². The van der Waals surface area contributed by atoms with Gasteiger partial charge in [0.2, 0.25) is 0 Å². The van der Waals surface area contributed by atoms with Crippen LogP contribution in [0.25, 0.3) is 5.69 Å². The normalized spacial score (nSPS) is 12.6. The second-order valence-electron chi connectivity index (χ2n) is 5.02. The molecule has 1 atom stereocenters. The van der Waals surface area contributed by atoms with Crippen molar-refractivity contribution in [3.63, 3.8) is 0 Å². The van der Waals surface area contributed by atoms with Crippen LogP contribution in [0.3, 0.4) is 0 Å². The Labute approximate surface area is 112 Å². The van der Waals surface area contributed by atoms with E-state index in [9.17, 15) is 9.90 Å². The number of nitrogens with zero attached hydrogens (tertiary/aromatic N) is 2. The van der Waals surface area contributed by atoms with E-state index in [4.69, 9.17) is 0 Å². The SMILES string of the molecule is CC(C)C(Cc1cnn(-c2ccccc2)c1)C(=O)O. The monoisotopic (exact) mass is 258 g/mol. The molecule has 0 radical (unpaired) electrons. The highest BCUT2D eigenvalue weighted by atomic mass is 16.4. The molecule has 0 spiro atoms. The van der Waals surface area contributed by atoms with Crippen molar-refractivity contribution in [1.29, 1.82) is 0 Å². The Morgan fingerprint density at radius 1 is 1.32 bits per heavy atom. The number of carbonyl (C=O) groups is 1. The van der Waals surface area contributed by atoms with Crippen LogP contribution >= 0.6 is 0 Å². The van der Waals surface area contributed by atoms with Gasteiger partial charge in [-0.15, -0.1) is 0 Å². The molecule has 0 amide bonds. The summed E-state index contributed by atoms with van der Waals surface area (Å²) in [6.07, 6.45) is 4.15. The number of para-hydroxylation sites is 1. The largest absolute Gasteiger partial charge is 0.481 e. The molecule has 1 unspecified atom stereocenters. The van der Waals surface area contributed by atoms with E-state index in [0.717, 1.165) is 11.3 Å². The predicted octanol–water partition coefficient (Wildman–Crippen LogP) is 2.77. The highest BCUT2D eigenvalue weighted by Gasteiger charge is 2.22. The van der Waals surface area contributed by atoms with Gasteiger partial charge in [-0.05, 0) is 30.0 Å². The van der Waals surface area contributed by atoms with Gasteiger partial charge in [0.25, 0.3) is 0 Å².